The molecule has 1 aliphatic rings. The van der Waals surface area contributed by atoms with E-state index < -0.39 is 0 Å². The van der Waals surface area contributed by atoms with Crippen LogP contribution in [0.1, 0.15) is 6.92 Å². The minimum atomic E-state index is 1.15. The van der Waals surface area contributed by atoms with Crippen LogP contribution in [-0.2, 0) is 0 Å². The SMILES string of the molecule is CC1=CNN=C=C1. The van der Waals surface area contributed by atoms with Gasteiger partial charge in [-0.2, -0.15) is 0 Å². The van der Waals surface area contributed by atoms with E-state index in [4.69, 9.17) is 0 Å². The summed E-state index contributed by atoms with van der Waals surface area (Å²) < 4.78 is 0. The van der Waals surface area contributed by atoms with Gasteiger partial charge in [-0.05, 0) is 12.5 Å². The van der Waals surface area contributed by atoms with Gasteiger partial charge in [-0.25, -0.2) is 0 Å². The molecule has 0 radical (unpaired) electrons. The van der Waals surface area contributed by atoms with Crippen molar-refractivity contribution >= 4 is 5.87 Å². The molecular formula is C5H6N2. The average molecular weight is 94.1 g/mol. The molecule has 0 fully saturated rings. The normalized spacial score (nSPS) is 15.9. The molecule has 0 saturated carbocycles. The highest BCUT2D eigenvalue weighted by Gasteiger charge is 1.80. The molecule has 0 unspecified atom stereocenters. The van der Waals surface area contributed by atoms with Crippen molar-refractivity contribution in [3.8, 4) is 0 Å². The third-order valence-electron chi connectivity index (χ3n) is 0.714. The third-order valence-corrected chi connectivity index (χ3v) is 0.714. The molecule has 0 aliphatic carbocycles. The van der Waals surface area contributed by atoms with Crippen LogP contribution in [0.4, 0.5) is 0 Å². The van der Waals surface area contributed by atoms with Gasteiger partial charge in [0.2, 0.25) is 0 Å². The van der Waals surface area contributed by atoms with Crippen LogP contribution in [0, 0.1) is 0 Å². The largest absolute Gasteiger partial charge is 0.277 e. The van der Waals surface area contributed by atoms with Gasteiger partial charge in [0.05, 0.1) is 0 Å². The van der Waals surface area contributed by atoms with Gasteiger partial charge in [0, 0.05) is 18.1 Å². The topological polar surface area (TPSA) is 24.4 Å². The summed E-state index contributed by atoms with van der Waals surface area (Å²) in [6.45, 7) is 1.98. The molecule has 7 heavy (non-hydrogen) atoms. The minimum absolute atomic E-state index is 1.15. The zero-order chi connectivity index (χ0) is 5.11. The Morgan fingerprint density at radius 3 is 3.00 bits per heavy atom. The van der Waals surface area contributed by atoms with E-state index in [1.807, 2.05) is 19.2 Å². The van der Waals surface area contributed by atoms with Gasteiger partial charge in [-0.3, -0.25) is 5.43 Å². The summed E-state index contributed by atoms with van der Waals surface area (Å²) >= 11 is 0. The molecular weight excluding hydrogens is 88.1 g/mol. The Hall–Kier alpha value is -1.01. The lowest BCUT2D eigenvalue weighted by Crippen LogP contribution is -1.96. The molecule has 0 aromatic heterocycles. The van der Waals surface area contributed by atoms with Crippen LogP contribution in [0.3, 0.4) is 0 Å². The second kappa shape index (κ2) is 1.63. The minimum Gasteiger partial charge on any atom is -0.277 e. The molecule has 1 rings (SSSR count). The second-order valence-corrected chi connectivity index (χ2v) is 1.40. The van der Waals surface area contributed by atoms with E-state index in [0.717, 1.165) is 5.57 Å². The van der Waals surface area contributed by atoms with E-state index in [9.17, 15) is 0 Å². The number of hydrazone groups is 1. The molecule has 0 aromatic carbocycles. The summed E-state index contributed by atoms with van der Waals surface area (Å²) in [5.41, 5.74) is 3.80. The van der Waals surface area contributed by atoms with Crippen LogP contribution in [0.2, 0.25) is 0 Å². The van der Waals surface area contributed by atoms with Gasteiger partial charge in [-0.1, -0.05) is 0 Å². The maximum Gasteiger partial charge on any atom is 0.0243 e. The number of hydrogen-bond acceptors (Lipinski definition) is 2. The highest BCUT2D eigenvalue weighted by molar-refractivity contribution is 5.57. The number of nitrogens with zero attached hydrogens (tertiary/aromatic N) is 1. The van der Waals surface area contributed by atoms with Crippen molar-refractivity contribution in [2.45, 2.75) is 6.92 Å². The van der Waals surface area contributed by atoms with Gasteiger partial charge in [0.1, 0.15) is 0 Å². The van der Waals surface area contributed by atoms with Crippen LogP contribution >= 0.6 is 0 Å². The molecule has 1 aliphatic heterocycles. The van der Waals surface area contributed by atoms with Crippen LogP contribution < -0.4 is 5.43 Å². The fraction of sp³-hybridized carbons (Fsp3) is 0.200. The van der Waals surface area contributed by atoms with Crippen LogP contribution in [0.5, 0.6) is 0 Å². The lowest BCUT2D eigenvalue weighted by molar-refractivity contribution is 0.959. The second-order valence-electron chi connectivity index (χ2n) is 1.40. The maximum absolute atomic E-state index is 3.60. The van der Waals surface area contributed by atoms with Crippen LogP contribution in [0.15, 0.2) is 23.0 Å². The molecule has 0 bridgehead atoms. The lowest BCUT2D eigenvalue weighted by Gasteiger charge is -1.92. The Bertz CT molecular complexity index is 149. The lowest BCUT2D eigenvalue weighted by atomic mass is 10.3. The number of nitrogens with one attached hydrogen (secondary N) is 1. The van der Waals surface area contributed by atoms with Gasteiger partial charge in [-0.15, -0.1) is 5.10 Å². The van der Waals surface area contributed by atoms with Crippen LogP contribution in [0.25, 0.3) is 0 Å². The summed E-state index contributed by atoms with van der Waals surface area (Å²) in [5.74, 6) is 2.66. The summed E-state index contributed by atoms with van der Waals surface area (Å²) in [6, 6.07) is 0. The smallest absolute Gasteiger partial charge is 0.0243 e. The summed E-state index contributed by atoms with van der Waals surface area (Å²) in [6.07, 6.45) is 3.63. The first-order valence-electron chi connectivity index (χ1n) is 2.10. The van der Waals surface area contributed by atoms with Crippen molar-refractivity contribution in [1.29, 1.82) is 0 Å². The molecule has 0 atom stereocenters. The van der Waals surface area contributed by atoms with E-state index in [1.54, 1.807) is 0 Å². The molecule has 0 saturated heterocycles. The van der Waals surface area contributed by atoms with Crippen molar-refractivity contribution in [2.75, 3.05) is 0 Å². The number of rotatable bonds is 0. The molecule has 0 spiro atoms. The first-order valence-corrected chi connectivity index (χ1v) is 2.10. The Labute approximate surface area is 42.2 Å². The van der Waals surface area contributed by atoms with Crippen molar-refractivity contribution in [2.24, 2.45) is 5.10 Å². The van der Waals surface area contributed by atoms with Crippen LogP contribution in [-0.4, -0.2) is 5.87 Å². The van der Waals surface area contributed by atoms with Gasteiger partial charge >= 0.3 is 0 Å². The molecule has 2 heteroatoms. The molecule has 0 aromatic rings. The highest BCUT2D eigenvalue weighted by Crippen LogP contribution is 1.90. The summed E-state index contributed by atoms with van der Waals surface area (Å²) in [5, 5.41) is 3.60. The molecule has 0 amide bonds. The Kier molecular flexibility index (Phi) is 0.966. The van der Waals surface area contributed by atoms with Gasteiger partial charge in [0.25, 0.3) is 0 Å². The number of allylic oxidation sites excluding steroid dienone is 2. The Morgan fingerprint density at radius 1 is 1.86 bits per heavy atom. The molecule has 1 N–H and O–H groups in total. The summed E-state index contributed by atoms with van der Waals surface area (Å²) in [4.78, 5) is 0. The predicted molar refractivity (Wildman–Crippen MR) is 28.9 cm³/mol. The zero-order valence-electron chi connectivity index (χ0n) is 4.10. The van der Waals surface area contributed by atoms with E-state index in [1.165, 1.54) is 0 Å². The maximum atomic E-state index is 3.60. The molecule has 36 valence electrons. The van der Waals surface area contributed by atoms with Crippen molar-refractivity contribution in [3.05, 3.63) is 17.8 Å². The monoisotopic (exact) mass is 94.1 g/mol. The predicted octanol–water partition coefficient (Wildman–Crippen LogP) is 0.634. The van der Waals surface area contributed by atoms with Crippen molar-refractivity contribution < 1.29 is 0 Å². The van der Waals surface area contributed by atoms with Crippen molar-refractivity contribution in [1.82, 2.24) is 5.43 Å². The van der Waals surface area contributed by atoms with Crippen molar-refractivity contribution in [3.63, 3.8) is 0 Å². The molecule has 2 nitrogen and oxygen atoms in total. The summed E-state index contributed by atoms with van der Waals surface area (Å²) in [7, 11) is 0. The van der Waals surface area contributed by atoms with E-state index in [2.05, 4.69) is 16.4 Å². The van der Waals surface area contributed by atoms with Gasteiger partial charge in [0.15, 0.2) is 0 Å². The average Bonchev–Trinajstić information content (AvgIpc) is 1.69. The highest BCUT2D eigenvalue weighted by atomic mass is 15.3. The fourth-order valence-corrected chi connectivity index (χ4v) is 0.347. The standard InChI is InChI=1S/C5H6N2/c1-5-2-3-6-7-4-5/h2,4,7H,1H3. The van der Waals surface area contributed by atoms with E-state index in [-0.39, 0.29) is 0 Å². The van der Waals surface area contributed by atoms with E-state index >= 15 is 0 Å². The molecule has 1 heterocycles. The third kappa shape index (κ3) is 0.913. The van der Waals surface area contributed by atoms with Gasteiger partial charge < -0.3 is 0 Å². The fourth-order valence-electron chi connectivity index (χ4n) is 0.347. The zero-order valence-corrected chi connectivity index (χ0v) is 4.10. The number of hydrogen-bond donors (Lipinski definition) is 1. The van der Waals surface area contributed by atoms with E-state index in [0.29, 0.717) is 0 Å². The first-order chi connectivity index (χ1) is 3.39. The first kappa shape index (κ1) is 4.16. The Balaban J connectivity index is 2.82. The Morgan fingerprint density at radius 2 is 2.71 bits per heavy atom. The quantitative estimate of drug-likeness (QED) is 0.468.